The Morgan fingerprint density at radius 2 is 2.27 bits per heavy atom. The monoisotopic (exact) mass is 224 g/mol. The van der Waals surface area contributed by atoms with Crippen molar-refractivity contribution in [3.05, 3.63) is 29.3 Å². The summed E-state index contributed by atoms with van der Waals surface area (Å²) in [6, 6.07) is 8.67. The van der Waals surface area contributed by atoms with E-state index >= 15 is 0 Å². The van der Waals surface area contributed by atoms with Crippen LogP contribution in [0, 0.1) is 0 Å². The molecule has 1 heterocycles. The lowest BCUT2D eigenvalue weighted by molar-refractivity contribution is 0.447. The first-order valence-electron chi connectivity index (χ1n) is 5.54. The second-order valence-electron chi connectivity index (χ2n) is 3.96. The van der Waals surface area contributed by atoms with Crippen molar-refractivity contribution in [1.82, 2.24) is 5.32 Å². The van der Waals surface area contributed by atoms with E-state index < -0.39 is 0 Å². The quantitative estimate of drug-likeness (QED) is 0.831. The Bertz CT molecular complexity index is 327. The minimum Gasteiger partial charge on any atom is -0.367 e. The zero-order valence-electron chi connectivity index (χ0n) is 9.04. The molecule has 0 spiro atoms. The van der Waals surface area contributed by atoms with Crippen molar-refractivity contribution in [1.29, 1.82) is 0 Å². The molecule has 2 rings (SSSR count). The Hall–Kier alpha value is -0.730. The zero-order valence-corrected chi connectivity index (χ0v) is 9.80. The van der Waals surface area contributed by atoms with Crippen LogP contribution in [0.3, 0.4) is 0 Å². The van der Waals surface area contributed by atoms with Crippen LogP contribution >= 0.6 is 11.6 Å². The van der Waals surface area contributed by atoms with Gasteiger partial charge in [-0.2, -0.15) is 0 Å². The fraction of sp³-hybridized carbons (Fsp3) is 0.500. The van der Waals surface area contributed by atoms with Gasteiger partial charge in [0.2, 0.25) is 0 Å². The summed E-state index contributed by atoms with van der Waals surface area (Å²) in [6.07, 6.45) is 1.17. The molecular formula is C12H17ClN2. The van der Waals surface area contributed by atoms with Gasteiger partial charge in [0.15, 0.2) is 0 Å². The molecule has 1 unspecified atom stereocenters. The van der Waals surface area contributed by atoms with Crippen molar-refractivity contribution in [2.24, 2.45) is 0 Å². The highest BCUT2D eigenvalue weighted by Crippen LogP contribution is 2.26. The smallest absolute Gasteiger partial charge is 0.0639 e. The molecule has 0 aromatic heterocycles. The molecule has 15 heavy (non-hydrogen) atoms. The van der Waals surface area contributed by atoms with E-state index in [1.165, 1.54) is 12.1 Å². The molecule has 1 aromatic rings. The second-order valence-corrected chi connectivity index (χ2v) is 4.36. The van der Waals surface area contributed by atoms with Gasteiger partial charge in [-0.05, 0) is 18.6 Å². The Balaban J connectivity index is 2.13. The number of rotatable bonds is 2. The molecule has 82 valence electrons. The maximum absolute atomic E-state index is 6.19. The Labute approximate surface area is 96.2 Å². The Morgan fingerprint density at radius 1 is 1.47 bits per heavy atom. The number of piperazine rings is 1. The average molecular weight is 225 g/mol. The van der Waals surface area contributed by atoms with Gasteiger partial charge in [-0.15, -0.1) is 0 Å². The molecule has 1 N–H and O–H groups in total. The van der Waals surface area contributed by atoms with Crippen LogP contribution in [0.1, 0.15) is 13.3 Å². The molecule has 0 bridgehead atoms. The number of nitrogens with zero attached hydrogens (tertiary/aromatic N) is 1. The van der Waals surface area contributed by atoms with E-state index in [0.29, 0.717) is 6.04 Å². The van der Waals surface area contributed by atoms with E-state index in [0.717, 1.165) is 24.7 Å². The highest BCUT2D eigenvalue weighted by molar-refractivity contribution is 6.33. The second kappa shape index (κ2) is 4.86. The minimum atomic E-state index is 0.593. The molecule has 1 saturated heterocycles. The molecule has 1 fully saturated rings. The van der Waals surface area contributed by atoms with Crippen LogP contribution in [0.5, 0.6) is 0 Å². The average Bonchev–Trinajstić information content (AvgIpc) is 2.30. The summed E-state index contributed by atoms with van der Waals surface area (Å²) in [7, 11) is 0. The third-order valence-corrected chi connectivity index (χ3v) is 3.26. The van der Waals surface area contributed by atoms with Crippen molar-refractivity contribution >= 4 is 17.3 Å². The summed E-state index contributed by atoms with van der Waals surface area (Å²) in [5.74, 6) is 0. The molecule has 2 nitrogen and oxygen atoms in total. The lowest BCUT2D eigenvalue weighted by atomic mass is 10.1. The van der Waals surface area contributed by atoms with Gasteiger partial charge in [-0.1, -0.05) is 30.7 Å². The summed E-state index contributed by atoms with van der Waals surface area (Å²) < 4.78 is 0. The predicted octanol–water partition coefficient (Wildman–Crippen LogP) is 2.53. The fourth-order valence-corrected chi connectivity index (χ4v) is 2.28. The van der Waals surface area contributed by atoms with Gasteiger partial charge in [-0.25, -0.2) is 0 Å². The fourth-order valence-electron chi connectivity index (χ4n) is 2.03. The van der Waals surface area contributed by atoms with Gasteiger partial charge >= 0.3 is 0 Å². The van der Waals surface area contributed by atoms with Crippen LogP contribution in [-0.4, -0.2) is 25.7 Å². The number of nitrogens with one attached hydrogen (secondary N) is 1. The molecular weight excluding hydrogens is 208 g/mol. The van der Waals surface area contributed by atoms with Crippen molar-refractivity contribution in [2.75, 3.05) is 24.5 Å². The molecule has 3 heteroatoms. The number of para-hydroxylation sites is 1. The van der Waals surface area contributed by atoms with Gasteiger partial charge in [0.05, 0.1) is 10.7 Å². The summed E-state index contributed by atoms with van der Waals surface area (Å²) in [5.41, 5.74) is 1.17. The highest BCUT2D eigenvalue weighted by Gasteiger charge is 2.19. The third-order valence-electron chi connectivity index (χ3n) is 2.94. The largest absolute Gasteiger partial charge is 0.367 e. The van der Waals surface area contributed by atoms with Crippen molar-refractivity contribution in [2.45, 2.75) is 19.4 Å². The first-order valence-corrected chi connectivity index (χ1v) is 5.92. The van der Waals surface area contributed by atoms with E-state index in [4.69, 9.17) is 11.6 Å². The molecule has 1 aliphatic heterocycles. The lowest BCUT2D eigenvalue weighted by Crippen LogP contribution is -2.50. The van der Waals surface area contributed by atoms with Crippen LogP contribution in [0.25, 0.3) is 0 Å². The number of hydrogen-bond acceptors (Lipinski definition) is 2. The summed E-state index contributed by atoms with van der Waals surface area (Å²) in [4.78, 5) is 2.37. The maximum Gasteiger partial charge on any atom is 0.0639 e. The zero-order chi connectivity index (χ0) is 10.7. The van der Waals surface area contributed by atoms with E-state index in [-0.39, 0.29) is 0 Å². The van der Waals surface area contributed by atoms with Gasteiger partial charge in [-0.3, -0.25) is 0 Å². The van der Waals surface area contributed by atoms with E-state index in [1.807, 2.05) is 18.2 Å². The van der Waals surface area contributed by atoms with E-state index in [9.17, 15) is 0 Å². The Morgan fingerprint density at radius 3 is 3.00 bits per heavy atom. The number of halogens is 1. The molecule has 1 aromatic carbocycles. The summed E-state index contributed by atoms with van der Waals surface area (Å²) >= 11 is 6.19. The SMILES string of the molecule is CCC1CN(c2ccccc2Cl)CCN1. The minimum absolute atomic E-state index is 0.593. The van der Waals surface area contributed by atoms with Crippen molar-refractivity contribution in [3.63, 3.8) is 0 Å². The van der Waals surface area contributed by atoms with Crippen LogP contribution in [0.15, 0.2) is 24.3 Å². The molecule has 0 saturated carbocycles. The number of anilines is 1. The molecule has 0 aliphatic carbocycles. The van der Waals surface area contributed by atoms with Crippen molar-refractivity contribution in [3.8, 4) is 0 Å². The standard InChI is InChI=1S/C12H17ClN2/c1-2-10-9-15(8-7-14-10)12-6-4-3-5-11(12)13/h3-6,10,14H,2,7-9H2,1H3. The van der Waals surface area contributed by atoms with Crippen LogP contribution in [0.2, 0.25) is 5.02 Å². The first kappa shape index (κ1) is 10.8. The summed E-state index contributed by atoms with van der Waals surface area (Å²) in [5, 5.41) is 4.36. The van der Waals surface area contributed by atoms with Crippen LogP contribution in [0.4, 0.5) is 5.69 Å². The van der Waals surface area contributed by atoms with Gasteiger partial charge < -0.3 is 10.2 Å². The maximum atomic E-state index is 6.19. The van der Waals surface area contributed by atoms with E-state index in [1.54, 1.807) is 0 Å². The molecule has 1 aliphatic rings. The molecule has 1 atom stereocenters. The number of benzene rings is 1. The predicted molar refractivity (Wildman–Crippen MR) is 65.7 cm³/mol. The number of hydrogen-bond donors (Lipinski definition) is 1. The first-order chi connectivity index (χ1) is 7.31. The van der Waals surface area contributed by atoms with E-state index in [2.05, 4.69) is 23.2 Å². The topological polar surface area (TPSA) is 15.3 Å². The van der Waals surface area contributed by atoms with Crippen LogP contribution < -0.4 is 10.2 Å². The van der Waals surface area contributed by atoms with Gasteiger partial charge in [0, 0.05) is 25.7 Å². The van der Waals surface area contributed by atoms with Crippen LogP contribution in [-0.2, 0) is 0 Å². The lowest BCUT2D eigenvalue weighted by Gasteiger charge is -2.35. The summed E-state index contributed by atoms with van der Waals surface area (Å²) in [6.45, 7) is 5.36. The van der Waals surface area contributed by atoms with Gasteiger partial charge in [0.25, 0.3) is 0 Å². The molecule has 0 amide bonds. The third kappa shape index (κ3) is 2.44. The Kier molecular flexibility index (Phi) is 3.49. The highest BCUT2D eigenvalue weighted by atomic mass is 35.5. The normalized spacial score (nSPS) is 21.7. The molecule has 0 radical (unpaired) electrons. The van der Waals surface area contributed by atoms with Crippen molar-refractivity contribution < 1.29 is 0 Å². The van der Waals surface area contributed by atoms with Gasteiger partial charge in [0.1, 0.15) is 0 Å².